The third kappa shape index (κ3) is 3.93. The summed E-state index contributed by atoms with van der Waals surface area (Å²) in [6.07, 6.45) is 1.72. The summed E-state index contributed by atoms with van der Waals surface area (Å²) >= 11 is 3.45. The predicted molar refractivity (Wildman–Crippen MR) is 116 cm³/mol. The van der Waals surface area contributed by atoms with E-state index in [1.807, 2.05) is 49.4 Å². The molecule has 3 N–H and O–H groups in total. The number of rotatable bonds is 5. The van der Waals surface area contributed by atoms with Gasteiger partial charge in [0.05, 0.1) is 6.04 Å². The number of primary amides is 1. The molecule has 3 aromatic rings. The highest BCUT2D eigenvalue weighted by atomic mass is 79.9. The number of amides is 2. The van der Waals surface area contributed by atoms with Gasteiger partial charge in [-0.25, -0.2) is 0 Å². The summed E-state index contributed by atoms with van der Waals surface area (Å²) in [4.78, 5) is 26.7. The van der Waals surface area contributed by atoms with Crippen LogP contribution in [0, 0.1) is 6.92 Å². The Kier molecular flexibility index (Phi) is 5.43. The molecule has 0 aliphatic carbocycles. The van der Waals surface area contributed by atoms with Crippen molar-refractivity contribution in [2.24, 2.45) is 5.73 Å². The molecular weight excluding hydrogens is 434 g/mol. The molecule has 7 heteroatoms. The first-order valence-electron chi connectivity index (χ1n) is 9.55. The molecule has 1 unspecified atom stereocenters. The number of para-hydroxylation sites is 1. The fourth-order valence-corrected chi connectivity index (χ4v) is 4.29. The van der Waals surface area contributed by atoms with Crippen LogP contribution in [0.2, 0.25) is 0 Å². The molecular formula is C22H22BrN3O3. The van der Waals surface area contributed by atoms with Gasteiger partial charge in [-0.1, -0.05) is 34.1 Å². The molecule has 6 nitrogen and oxygen atoms in total. The number of nitrogens with zero attached hydrogens (tertiary/aromatic N) is 1. The van der Waals surface area contributed by atoms with Gasteiger partial charge in [-0.2, -0.15) is 0 Å². The number of anilines is 1. The van der Waals surface area contributed by atoms with E-state index in [2.05, 4.69) is 26.1 Å². The molecule has 0 spiro atoms. The molecule has 0 saturated carbocycles. The first kappa shape index (κ1) is 19.7. The van der Waals surface area contributed by atoms with E-state index in [-0.39, 0.29) is 17.9 Å². The molecule has 1 aliphatic rings. The maximum absolute atomic E-state index is 12.9. The first-order chi connectivity index (χ1) is 13.9. The smallest absolute Gasteiger partial charge is 0.291 e. The van der Waals surface area contributed by atoms with E-state index in [0.29, 0.717) is 23.6 Å². The minimum Gasteiger partial charge on any atom is -0.451 e. The lowest BCUT2D eigenvalue weighted by atomic mass is 10.1. The van der Waals surface area contributed by atoms with Crippen molar-refractivity contribution in [3.8, 4) is 0 Å². The molecule has 1 saturated heterocycles. The summed E-state index contributed by atoms with van der Waals surface area (Å²) in [7, 11) is 0. The maximum atomic E-state index is 12.9. The van der Waals surface area contributed by atoms with Gasteiger partial charge in [0.15, 0.2) is 5.76 Å². The quantitative estimate of drug-likeness (QED) is 0.602. The van der Waals surface area contributed by atoms with Crippen molar-refractivity contribution in [2.75, 3.05) is 11.9 Å². The predicted octanol–water partition coefficient (Wildman–Crippen LogP) is 4.21. The molecule has 0 radical (unpaired) electrons. The fraction of sp³-hybridized carbons (Fsp3) is 0.273. The van der Waals surface area contributed by atoms with Gasteiger partial charge >= 0.3 is 0 Å². The molecule has 2 amide bonds. The maximum Gasteiger partial charge on any atom is 0.291 e. The summed E-state index contributed by atoms with van der Waals surface area (Å²) in [6.45, 7) is 3.24. The third-order valence-electron chi connectivity index (χ3n) is 5.44. The summed E-state index contributed by atoms with van der Waals surface area (Å²) in [6, 6.07) is 13.0. The van der Waals surface area contributed by atoms with Crippen LogP contribution in [0.5, 0.6) is 0 Å². The largest absolute Gasteiger partial charge is 0.451 e. The molecule has 4 rings (SSSR count). The first-order valence-corrected chi connectivity index (χ1v) is 10.3. The molecule has 0 bridgehead atoms. The Morgan fingerprint density at radius 3 is 2.86 bits per heavy atom. The molecule has 29 heavy (non-hydrogen) atoms. The molecule has 2 aromatic carbocycles. The van der Waals surface area contributed by atoms with Gasteiger partial charge in [-0.3, -0.25) is 14.5 Å². The van der Waals surface area contributed by atoms with Crippen LogP contribution in [0.4, 0.5) is 5.69 Å². The molecule has 2 heterocycles. The van der Waals surface area contributed by atoms with Gasteiger partial charge in [0, 0.05) is 27.7 Å². The Bertz CT molecular complexity index is 1090. The Labute approximate surface area is 177 Å². The van der Waals surface area contributed by atoms with Gasteiger partial charge in [-0.05, 0) is 56.1 Å². The van der Waals surface area contributed by atoms with E-state index < -0.39 is 0 Å². The number of likely N-dealkylation sites (tertiary alicyclic amines) is 1. The second-order valence-electron chi connectivity index (χ2n) is 7.34. The number of furan rings is 1. The van der Waals surface area contributed by atoms with Crippen molar-refractivity contribution < 1.29 is 14.0 Å². The zero-order valence-electron chi connectivity index (χ0n) is 16.1. The average molecular weight is 456 g/mol. The Morgan fingerprint density at radius 1 is 1.28 bits per heavy atom. The number of fused-ring (bicyclic) bond motifs is 1. The lowest BCUT2D eigenvalue weighted by Gasteiger charge is -2.23. The number of carbonyl (C=O) groups is 2. The van der Waals surface area contributed by atoms with E-state index in [9.17, 15) is 9.59 Å². The highest BCUT2D eigenvalue weighted by Gasteiger charge is 2.29. The normalized spacial score (nSPS) is 17.0. The van der Waals surface area contributed by atoms with Crippen LogP contribution in [-0.2, 0) is 11.3 Å². The minimum atomic E-state index is -0.298. The summed E-state index contributed by atoms with van der Waals surface area (Å²) < 4.78 is 6.74. The zero-order chi connectivity index (χ0) is 20.5. The number of nitrogens with two attached hydrogens (primary N) is 1. The Hall–Kier alpha value is -2.64. The SMILES string of the molecule is Cc1c(C(=O)Nc2ccccc2CN2CCCC2C(N)=O)oc2ccc(Br)cc12. The van der Waals surface area contributed by atoms with Crippen molar-refractivity contribution in [1.29, 1.82) is 0 Å². The molecule has 1 aromatic heterocycles. The van der Waals surface area contributed by atoms with Gasteiger partial charge in [0.2, 0.25) is 5.91 Å². The van der Waals surface area contributed by atoms with Crippen LogP contribution in [0.1, 0.15) is 34.5 Å². The number of benzene rings is 2. The minimum absolute atomic E-state index is 0.255. The third-order valence-corrected chi connectivity index (χ3v) is 5.93. The molecule has 150 valence electrons. The van der Waals surface area contributed by atoms with E-state index >= 15 is 0 Å². The van der Waals surface area contributed by atoms with Crippen LogP contribution in [0.3, 0.4) is 0 Å². The van der Waals surface area contributed by atoms with Crippen molar-refractivity contribution in [3.05, 3.63) is 63.8 Å². The molecule has 1 aliphatic heterocycles. The van der Waals surface area contributed by atoms with E-state index in [1.165, 1.54) is 0 Å². The summed E-state index contributed by atoms with van der Waals surface area (Å²) in [5.41, 5.74) is 8.64. The van der Waals surface area contributed by atoms with Gasteiger partial charge < -0.3 is 15.5 Å². The van der Waals surface area contributed by atoms with E-state index in [4.69, 9.17) is 10.2 Å². The van der Waals surface area contributed by atoms with Crippen LogP contribution in [0.15, 0.2) is 51.4 Å². The highest BCUT2D eigenvalue weighted by Crippen LogP contribution is 2.29. The average Bonchev–Trinajstić information content (AvgIpc) is 3.28. The second kappa shape index (κ2) is 8.00. The lowest BCUT2D eigenvalue weighted by molar-refractivity contribution is -0.122. The summed E-state index contributed by atoms with van der Waals surface area (Å²) in [5.74, 6) is -0.299. The second-order valence-corrected chi connectivity index (χ2v) is 8.25. The molecule has 1 fully saturated rings. The van der Waals surface area contributed by atoms with Crippen LogP contribution in [-0.4, -0.2) is 29.3 Å². The van der Waals surface area contributed by atoms with E-state index in [0.717, 1.165) is 40.4 Å². The topological polar surface area (TPSA) is 88.6 Å². The molecule has 1 atom stereocenters. The number of nitrogens with one attached hydrogen (secondary N) is 1. The van der Waals surface area contributed by atoms with E-state index in [1.54, 1.807) is 0 Å². The number of aryl methyl sites for hydroxylation is 1. The Balaban J connectivity index is 1.58. The zero-order valence-corrected chi connectivity index (χ0v) is 17.7. The number of halogens is 1. The van der Waals surface area contributed by atoms with Gasteiger partial charge in [-0.15, -0.1) is 0 Å². The van der Waals surface area contributed by atoms with Crippen molar-refractivity contribution >= 4 is 44.4 Å². The van der Waals surface area contributed by atoms with Crippen molar-refractivity contribution in [1.82, 2.24) is 4.90 Å². The lowest BCUT2D eigenvalue weighted by Crippen LogP contribution is -2.39. The number of hydrogen-bond donors (Lipinski definition) is 2. The van der Waals surface area contributed by atoms with Crippen LogP contribution < -0.4 is 11.1 Å². The fourth-order valence-electron chi connectivity index (χ4n) is 3.93. The van der Waals surface area contributed by atoms with Crippen molar-refractivity contribution in [3.63, 3.8) is 0 Å². The Morgan fingerprint density at radius 2 is 2.07 bits per heavy atom. The monoisotopic (exact) mass is 455 g/mol. The standard InChI is InChI=1S/C22H22BrN3O3/c1-13-16-11-15(23)8-9-19(16)29-20(13)22(28)25-17-6-3-2-5-14(17)12-26-10-4-7-18(26)21(24)27/h2-3,5-6,8-9,11,18H,4,7,10,12H2,1H3,(H2,24,27)(H,25,28). The van der Waals surface area contributed by atoms with Gasteiger partial charge in [0.1, 0.15) is 5.58 Å². The van der Waals surface area contributed by atoms with Crippen molar-refractivity contribution in [2.45, 2.75) is 32.4 Å². The number of hydrogen-bond acceptors (Lipinski definition) is 4. The van der Waals surface area contributed by atoms with Crippen LogP contribution in [0.25, 0.3) is 11.0 Å². The van der Waals surface area contributed by atoms with Crippen LogP contribution >= 0.6 is 15.9 Å². The summed E-state index contributed by atoms with van der Waals surface area (Å²) in [5, 5.41) is 3.88. The number of carbonyl (C=O) groups excluding carboxylic acids is 2. The van der Waals surface area contributed by atoms with Gasteiger partial charge in [0.25, 0.3) is 5.91 Å². The highest BCUT2D eigenvalue weighted by molar-refractivity contribution is 9.10.